The fourth-order valence-corrected chi connectivity index (χ4v) is 14.7. The third-order valence-electron chi connectivity index (χ3n) is 19.5. The number of ketones is 2. The van der Waals surface area contributed by atoms with Crippen molar-refractivity contribution < 1.29 is 46.9 Å². The summed E-state index contributed by atoms with van der Waals surface area (Å²) in [5.74, 6) is -1.84. The Morgan fingerprint density at radius 1 is 0.650 bits per heavy atom. The van der Waals surface area contributed by atoms with Crippen molar-refractivity contribution >= 4 is 23.5 Å². The number of carbonyl (C=O) groups is 4. The maximum absolute atomic E-state index is 15.3. The normalized spacial score (nSPS) is 27.7. The molecule has 4 aromatic rings. The highest BCUT2D eigenvalue weighted by Crippen LogP contribution is 2.47. The summed E-state index contributed by atoms with van der Waals surface area (Å²) >= 11 is 0. The Balaban J connectivity index is 0.000000151. The molecule has 2 saturated carbocycles. The highest BCUT2D eigenvalue weighted by Gasteiger charge is 2.52. The third kappa shape index (κ3) is 9.93. The van der Waals surface area contributed by atoms with Crippen molar-refractivity contribution in [2.24, 2.45) is 23.7 Å². The van der Waals surface area contributed by atoms with Gasteiger partial charge in [-0.2, -0.15) is 10.5 Å². The second kappa shape index (κ2) is 21.5. The predicted molar refractivity (Wildman–Crippen MR) is 285 cm³/mol. The standard InChI is InChI=1S/2C31H33FN4O4/c32-26-12-20(2-1-19(26)9-18(14-33)10-28(37)29-21-3-4-22(11-21)35-29)27-13-25-24(15-34-27)30(38)40-31(25)5-7-36(8-6-31)23-16-39-17-23;32-25-14-20(2-1-19(25)11-18(15-33)12-27(37)28-21-3-4-22(13-21)34-28)26-6-5-24-29(35-26)31(40-30(24)38)7-9-36(10-8-31)23-16-39-17-23/h1-2,12-13,15,18,21-23,29,35H,3-11,16-17H2;1-2,5-6,14,18,21-23,28,34H,3-4,7-13,16-17H2/t18-,21+,22-,29+;18-,21+,22-,28+/m11/s1. The van der Waals surface area contributed by atoms with E-state index in [2.05, 4.69) is 37.6 Å². The van der Waals surface area contributed by atoms with Crippen LogP contribution in [0.2, 0.25) is 0 Å². The van der Waals surface area contributed by atoms with Crippen LogP contribution in [0.4, 0.5) is 8.78 Å². The number of nitrogens with one attached hydrogen (secondary N) is 2. The van der Waals surface area contributed by atoms with Crippen LogP contribution in [0.3, 0.4) is 0 Å². The van der Waals surface area contributed by atoms with Crippen LogP contribution in [0.1, 0.15) is 120 Å². The molecule has 8 atom stereocenters. The third-order valence-corrected chi connectivity index (χ3v) is 19.5. The monoisotopic (exact) mass is 1090 g/mol. The van der Waals surface area contributed by atoms with E-state index in [0.29, 0.717) is 112 Å². The zero-order valence-corrected chi connectivity index (χ0v) is 44.8. The lowest BCUT2D eigenvalue weighted by atomic mass is 9.83. The van der Waals surface area contributed by atoms with Gasteiger partial charge in [0.05, 0.1) is 103 Å². The first-order valence-electron chi connectivity index (χ1n) is 28.9. The van der Waals surface area contributed by atoms with Gasteiger partial charge < -0.3 is 29.6 Å². The number of esters is 2. The lowest BCUT2D eigenvalue weighted by molar-refractivity contribution is -0.123. The number of halogens is 2. The summed E-state index contributed by atoms with van der Waals surface area (Å²) in [6.45, 7) is 6.25. The van der Waals surface area contributed by atoms with E-state index in [4.69, 9.17) is 23.9 Å². The molecule has 16 nitrogen and oxygen atoms in total. The van der Waals surface area contributed by atoms with Gasteiger partial charge in [0.1, 0.15) is 17.2 Å². The van der Waals surface area contributed by atoms with E-state index in [-0.39, 0.29) is 61.3 Å². The molecule has 2 N–H and O–H groups in total. The summed E-state index contributed by atoms with van der Waals surface area (Å²) in [7, 11) is 0. The SMILES string of the molecule is N#C[C@@H](CC(=O)[C@H]1N[C@@H]2CC[C@H]1C2)Cc1ccc(-c2cc3c(cn2)C(=O)OC32CCN(C3COC3)CC2)cc1F.N#C[C@@H](CC(=O)[C@H]1N[C@@H]2CC[C@H]1C2)Cc1ccc(-c2ccc3c(n2)C2(CCN(C4COC4)CC2)OC3=O)cc1F. The molecule has 18 heteroatoms. The Hall–Kier alpha value is -6.38. The van der Waals surface area contributed by atoms with Gasteiger partial charge in [-0.1, -0.05) is 24.3 Å². The number of carbonyl (C=O) groups excluding carboxylic acids is 4. The number of fused-ring (bicyclic) bond motifs is 8. The van der Waals surface area contributed by atoms with Crippen molar-refractivity contribution in [1.29, 1.82) is 10.5 Å². The number of ether oxygens (including phenoxy) is 4. The summed E-state index contributed by atoms with van der Waals surface area (Å²) in [4.78, 5) is 65.2. The number of rotatable bonds is 14. The number of benzene rings is 2. The van der Waals surface area contributed by atoms with E-state index in [9.17, 15) is 29.7 Å². The van der Waals surface area contributed by atoms with Gasteiger partial charge in [-0.05, 0) is 105 Å². The Morgan fingerprint density at radius 3 is 1.61 bits per heavy atom. The smallest absolute Gasteiger partial charge is 0.341 e. The number of pyridine rings is 2. The molecule has 0 amide bonds. The molecule has 6 saturated heterocycles. The minimum atomic E-state index is -0.748. The van der Waals surface area contributed by atoms with Gasteiger partial charge in [0, 0.05) is 99.7 Å². The molecule has 8 fully saturated rings. The number of Topliss-reactive ketones (excluding diaryl/α,β-unsaturated/α-hetero) is 2. The van der Waals surface area contributed by atoms with Crippen molar-refractivity contribution in [3.05, 3.63) is 106 Å². The molecule has 2 aliphatic carbocycles. The number of piperidine rings is 4. The number of hydrogen-bond donors (Lipinski definition) is 2. The van der Waals surface area contributed by atoms with Gasteiger partial charge in [0.15, 0.2) is 17.2 Å². The first-order chi connectivity index (χ1) is 38.8. The van der Waals surface area contributed by atoms with Gasteiger partial charge >= 0.3 is 11.9 Å². The first kappa shape index (κ1) is 53.0. The quantitative estimate of drug-likeness (QED) is 0.121. The van der Waals surface area contributed by atoms with Crippen LogP contribution >= 0.6 is 0 Å². The average molecular weight is 1090 g/mol. The topological polar surface area (TPSA) is 209 Å². The van der Waals surface area contributed by atoms with Gasteiger partial charge in [-0.15, -0.1) is 0 Å². The van der Waals surface area contributed by atoms with E-state index in [1.165, 1.54) is 12.1 Å². The number of aromatic nitrogens is 2. The summed E-state index contributed by atoms with van der Waals surface area (Å²) < 4.78 is 53.1. The van der Waals surface area contributed by atoms with Gasteiger partial charge in [0.25, 0.3) is 0 Å². The molecular weight excluding hydrogens is 1020 g/mol. The minimum Gasteiger partial charge on any atom is -0.450 e. The highest BCUT2D eigenvalue weighted by molar-refractivity contribution is 5.95. The van der Waals surface area contributed by atoms with Crippen LogP contribution in [0.25, 0.3) is 22.5 Å². The highest BCUT2D eigenvalue weighted by atomic mass is 19.1. The van der Waals surface area contributed by atoms with Crippen molar-refractivity contribution in [1.82, 2.24) is 30.4 Å². The molecule has 2 aromatic heterocycles. The van der Waals surface area contributed by atoms with Crippen LogP contribution < -0.4 is 10.6 Å². The Kier molecular flexibility index (Phi) is 14.2. The molecule has 4 bridgehead atoms. The Morgan fingerprint density at radius 2 is 1.15 bits per heavy atom. The number of nitrogens with zero attached hydrogens (tertiary/aromatic N) is 6. The van der Waals surface area contributed by atoms with Crippen LogP contribution in [-0.4, -0.2) is 132 Å². The molecule has 416 valence electrons. The molecule has 10 heterocycles. The molecule has 14 rings (SSSR count). The fourth-order valence-electron chi connectivity index (χ4n) is 14.7. The van der Waals surface area contributed by atoms with Gasteiger partial charge in [0.2, 0.25) is 0 Å². The maximum atomic E-state index is 15.3. The second-order valence-corrected chi connectivity index (χ2v) is 24.3. The molecule has 2 spiro atoms. The van der Waals surface area contributed by atoms with E-state index < -0.39 is 34.7 Å². The molecule has 0 radical (unpaired) electrons. The molecule has 8 aliphatic heterocycles. The zero-order chi connectivity index (χ0) is 54.9. The summed E-state index contributed by atoms with van der Waals surface area (Å²) in [6, 6.07) is 21.0. The van der Waals surface area contributed by atoms with Crippen LogP contribution in [0.5, 0.6) is 0 Å². The lowest BCUT2D eigenvalue weighted by Gasteiger charge is -2.44. The lowest BCUT2D eigenvalue weighted by Crippen LogP contribution is -2.54. The van der Waals surface area contributed by atoms with Crippen LogP contribution in [-0.2, 0) is 52.6 Å². The summed E-state index contributed by atoms with van der Waals surface area (Å²) in [6.07, 6.45) is 11.3. The molecule has 2 aromatic carbocycles. The van der Waals surface area contributed by atoms with Crippen molar-refractivity contribution in [2.45, 2.75) is 137 Å². The van der Waals surface area contributed by atoms with Gasteiger partial charge in [-0.25, -0.2) is 23.4 Å². The molecule has 0 unspecified atom stereocenters. The van der Waals surface area contributed by atoms with E-state index in [1.54, 1.807) is 42.6 Å². The minimum absolute atomic E-state index is 0.0654. The van der Waals surface area contributed by atoms with Crippen molar-refractivity contribution in [3.63, 3.8) is 0 Å². The number of nitriles is 2. The molecule has 80 heavy (non-hydrogen) atoms. The van der Waals surface area contributed by atoms with Gasteiger partial charge in [-0.3, -0.25) is 24.4 Å². The Labute approximate surface area is 463 Å². The largest absolute Gasteiger partial charge is 0.450 e. The fraction of sp³-hybridized carbons (Fsp3) is 0.548. The zero-order valence-electron chi connectivity index (χ0n) is 44.8. The number of likely N-dealkylation sites (tertiary alicyclic amines) is 2. The Bertz CT molecular complexity index is 3000. The summed E-state index contributed by atoms with van der Waals surface area (Å²) in [5, 5.41) is 26.2. The van der Waals surface area contributed by atoms with Crippen molar-refractivity contribution in [2.75, 3.05) is 52.6 Å². The maximum Gasteiger partial charge on any atom is 0.341 e. The van der Waals surface area contributed by atoms with Crippen LogP contribution in [0.15, 0.2) is 60.8 Å². The average Bonchev–Trinajstić information content (AvgIpc) is 4.36. The predicted octanol–water partition coefficient (Wildman–Crippen LogP) is 7.06. The van der Waals surface area contributed by atoms with E-state index in [1.807, 2.05) is 6.07 Å². The molecular formula is C62H66F2N8O8. The van der Waals surface area contributed by atoms with Crippen LogP contribution in [0, 0.1) is 58.0 Å². The summed E-state index contributed by atoms with van der Waals surface area (Å²) in [5.41, 5.74) is 4.16. The second-order valence-electron chi connectivity index (χ2n) is 24.3. The van der Waals surface area contributed by atoms with E-state index >= 15 is 8.78 Å². The first-order valence-corrected chi connectivity index (χ1v) is 28.9. The van der Waals surface area contributed by atoms with E-state index in [0.717, 1.165) is 96.7 Å². The molecule has 10 aliphatic rings. The van der Waals surface area contributed by atoms with Crippen molar-refractivity contribution in [3.8, 4) is 34.7 Å². The number of hydrogen-bond acceptors (Lipinski definition) is 16.